The number of hydrogen-bond acceptors (Lipinski definition) is 5. The van der Waals surface area contributed by atoms with Gasteiger partial charge in [-0.2, -0.15) is 0 Å². The number of thiophene rings is 1. The molecular weight excluding hydrogens is 351 g/mol. The third-order valence-electron chi connectivity index (χ3n) is 4.58. The third kappa shape index (κ3) is 2.50. The predicted octanol–water partition coefficient (Wildman–Crippen LogP) is 4.75. The number of nitrogens with zero attached hydrogens (tertiary/aromatic N) is 1. The summed E-state index contributed by atoms with van der Waals surface area (Å²) in [5.41, 5.74) is 4.26. The molecule has 0 radical (unpaired) electrons. The van der Waals surface area contributed by atoms with Gasteiger partial charge in [0.05, 0.1) is 0 Å². The van der Waals surface area contributed by atoms with Crippen molar-refractivity contribution in [3.8, 4) is 10.4 Å². The van der Waals surface area contributed by atoms with Gasteiger partial charge in [0, 0.05) is 27.5 Å². The minimum absolute atomic E-state index is 0.261. The standard InChI is InChI=1S/C20H15FN2O2S/c21-12-5-6-13-15(10-12)22-8-7-11-9-17(26-19(11)13)18(24)20-23-14-3-1-2-4-16(14)25-20/h1-6,9-10,18,22,24H,7-8H2. The maximum absolute atomic E-state index is 13.6. The zero-order valence-corrected chi connectivity index (χ0v) is 14.5. The second kappa shape index (κ2) is 5.93. The summed E-state index contributed by atoms with van der Waals surface area (Å²) >= 11 is 1.50. The van der Waals surface area contributed by atoms with Gasteiger partial charge < -0.3 is 14.8 Å². The predicted molar refractivity (Wildman–Crippen MR) is 100.0 cm³/mol. The van der Waals surface area contributed by atoms with Gasteiger partial charge in [0.25, 0.3) is 0 Å². The molecule has 0 saturated carbocycles. The summed E-state index contributed by atoms with van der Waals surface area (Å²) in [6.07, 6.45) is -0.112. The van der Waals surface area contributed by atoms with Gasteiger partial charge in [-0.25, -0.2) is 9.37 Å². The van der Waals surface area contributed by atoms with Gasteiger partial charge in [-0.3, -0.25) is 0 Å². The maximum Gasteiger partial charge on any atom is 0.229 e. The van der Waals surface area contributed by atoms with Gasteiger partial charge >= 0.3 is 0 Å². The molecule has 2 aromatic carbocycles. The first-order valence-corrected chi connectivity index (χ1v) is 9.20. The molecule has 130 valence electrons. The van der Waals surface area contributed by atoms with Crippen molar-refractivity contribution in [3.63, 3.8) is 0 Å². The Balaban J connectivity index is 1.58. The molecule has 3 heterocycles. The summed E-state index contributed by atoms with van der Waals surface area (Å²) in [6.45, 7) is 0.721. The van der Waals surface area contributed by atoms with Gasteiger partial charge in [0.15, 0.2) is 11.7 Å². The van der Waals surface area contributed by atoms with E-state index in [1.54, 1.807) is 6.07 Å². The molecule has 4 aromatic rings. The number of anilines is 1. The number of fused-ring (bicyclic) bond motifs is 4. The Morgan fingerprint density at radius 2 is 2.08 bits per heavy atom. The van der Waals surface area contributed by atoms with Crippen LogP contribution in [0.2, 0.25) is 0 Å². The molecule has 0 bridgehead atoms. The van der Waals surface area contributed by atoms with Crippen LogP contribution in [0.15, 0.2) is 52.9 Å². The van der Waals surface area contributed by atoms with Crippen LogP contribution in [0, 0.1) is 5.82 Å². The summed E-state index contributed by atoms with van der Waals surface area (Å²) in [4.78, 5) is 6.23. The maximum atomic E-state index is 13.6. The van der Waals surface area contributed by atoms with E-state index in [4.69, 9.17) is 4.42 Å². The van der Waals surface area contributed by atoms with E-state index in [0.717, 1.165) is 45.1 Å². The zero-order valence-electron chi connectivity index (χ0n) is 13.7. The van der Waals surface area contributed by atoms with Crippen molar-refractivity contribution in [3.05, 3.63) is 70.7 Å². The monoisotopic (exact) mass is 366 g/mol. The van der Waals surface area contributed by atoms with Crippen molar-refractivity contribution in [2.24, 2.45) is 0 Å². The number of aromatic nitrogens is 1. The third-order valence-corrected chi connectivity index (χ3v) is 5.84. The summed E-state index contributed by atoms with van der Waals surface area (Å²) in [6, 6.07) is 14.2. The number of hydrogen-bond donors (Lipinski definition) is 2. The summed E-state index contributed by atoms with van der Waals surface area (Å²) in [5.74, 6) is 0.0306. The van der Waals surface area contributed by atoms with E-state index in [0.29, 0.717) is 11.5 Å². The molecule has 0 amide bonds. The van der Waals surface area contributed by atoms with Crippen LogP contribution in [0.3, 0.4) is 0 Å². The van der Waals surface area contributed by atoms with E-state index in [1.165, 1.54) is 23.5 Å². The molecule has 2 aromatic heterocycles. The fourth-order valence-electron chi connectivity index (χ4n) is 3.32. The number of para-hydroxylation sites is 2. The topological polar surface area (TPSA) is 58.3 Å². The first-order chi connectivity index (χ1) is 12.7. The Labute approximate surface area is 152 Å². The molecule has 0 spiro atoms. The van der Waals surface area contributed by atoms with Crippen molar-refractivity contribution in [2.75, 3.05) is 11.9 Å². The fraction of sp³-hybridized carbons (Fsp3) is 0.150. The lowest BCUT2D eigenvalue weighted by atomic mass is 10.1. The second-order valence-electron chi connectivity index (χ2n) is 6.29. The zero-order chi connectivity index (χ0) is 17.7. The van der Waals surface area contributed by atoms with Crippen LogP contribution in [-0.2, 0) is 6.42 Å². The van der Waals surface area contributed by atoms with Crippen molar-refractivity contribution >= 4 is 28.1 Å². The highest BCUT2D eigenvalue weighted by molar-refractivity contribution is 7.15. The van der Waals surface area contributed by atoms with Crippen LogP contribution in [0.4, 0.5) is 10.1 Å². The molecule has 2 N–H and O–H groups in total. The average Bonchev–Trinajstić information content (AvgIpc) is 3.22. The Morgan fingerprint density at radius 1 is 1.19 bits per heavy atom. The number of benzene rings is 2. The molecule has 0 aliphatic carbocycles. The van der Waals surface area contributed by atoms with Crippen molar-refractivity contribution in [1.82, 2.24) is 4.98 Å². The molecule has 4 nitrogen and oxygen atoms in total. The van der Waals surface area contributed by atoms with Gasteiger partial charge in [0.2, 0.25) is 5.89 Å². The Kier molecular flexibility index (Phi) is 3.55. The van der Waals surface area contributed by atoms with E-state index in [1.807, 2.05) is 30.3 Å². The molecule has 1 aliphatic rings. The van der Waals surface area contributed by atoms with E-state index in [9.17, 15) is 9.50 Å². The molecule has 1 atom stereocenters. The van der Waals surface area contributed by atoms with Crippen molar-refractivity contribution < 1.29 is 13.9 Å². The Hall–Kier alpha value is -2.70. The van der Waals surface area contributed by atoms with Gasteiger partial charge in [-0.15, -0.1) is 11.3 Å². The van der Waals surface area contributed by atoms with Crippen LogP contribution >= 0.6 is 11.3 Å². The van der Waals surface area contributed by atoms with Crippen LogP contribution in [0.1, 0.15) is 22.4 Å². The van der Waals surface area contributed by atoms with Crippen LogP contribution < -0.4 is 5.32 Å². The Bertz CT molecular complexity index is 1090. The number of rotatable bonds is 2. The molecule has 0 fully saturated rings. The highest BCUT2D eigenvalue weighted by Gasteiger charge is 2.24. The van der Waals surface area contributed by atoms with Crippen LogP contribution in [-0.4, -0.2) is 16.6 Å². The highest BCUT2D eigenvalue weighted by Crippen LogP contribution is 2.42. The smallest absolute Gasteiger partial charge is 0.229 e. The average molecular weight is 366 g/mol. The lowest BCUT2D eigenvalue weighted by Gasteiger charge is -2.08. The minimum atomic E-state index is -0.920. The largest absolute Gasteiger partial charge is 0.437 e. The normalized spacial score (nSPS) is 14.4. The summed E-state index contributed by atoms with van der Waals surface area (Å²) < 4.78 is 19.3. The first kappa shape index (κ1) is 15.5. The van der Waals surface area contributed by atoms with E-state index >= 15 is 0 Å². The number of aliphatic hydroxyl groups excluding tert-OH is 1. The van der Waals surface area contributed by atoms with E-state index < -0.39 is 6.10 Å². The SMILES string of the molecule is OC(c1nc2ccccc2o1)c1cc2c(s1)-c1ccc(F)cc1NCC2. The summed E-state index contributed by atoms with van der Waals surface area (Å²) in [7, 11) is 0. The van der Waals surface area contributed by atoms with Crippen LogP contribution in [0.25, 0.3) is 21.5 Å². The lowest BCUT2D eigenvalue weighted by Crippen LogP contribution is -2.03. The first-order valence-electron chi connectivity index (χ1n) is 8.39. The molecule has 26 heavy (non-hydrogen) atoms. The van der Waals surface area contributed by atoms with Crippen LogP contribution in [0.5, 0.6) is 0 Å². The van der Waals surface area contributed by atoms with Crippen molar-refractivity contribution in [2.45, 2.75) is 12.5 Å². The molecular formula is C20H15FN2O2S. The molecule has 5 rings (SSSR count). The Morgan fingerprint density at radius 3 is 2.96 bits per heavy atom. The number of nitrogens with one attached hydrogen (secondary N) is 1. The van der Waals surface area contributed by atoms with Gasteiger partial charge in [0.1, 0.15) is 11.3 Å². The van der Waals surface area contributed by atoms with E-state index in [2.05, 4.69) is 10.3 Å². The number of aliphatic hydroxyl groups is 1. The second-order valence-corrected chi connectivity index (χ2v) is 7.38. The fourth-order valence-corrected chi connectivity index (χ4v) is 4.55. The minimum Gasteiger partial charge on any atom is -0.437 e. The quantitative estimate of drug-likeness (QED) is 0.538. The molecule has 1 unspecified atom stereocenters. The van der Waals surface area contributed by atoms with Gasteiger partial charge in [-0.05, 0) is 48.4 Å². The highest BCUT2D eigenvalue weighted by atomic mass is 32.1. The number of oxazole rings is 1. The lowest BCUT2D eigenvalue weighted by molar-refractivity contribution is 0.189. The van der Waals surface area contributed by atoms with E-state index in [-0.39, 0.29) is 5.82 Å². The van der Waals surface area contributed by atoms with Crippen molar-refractivity contribution in [1.29, 1.82) is 0 Å². The van der Waals surface area contributed by atoms with Gasteiger partial charge in [-0.1, -0.05) is 12.1 Å². The molecule has 0 saturated heterocycles. The molecule has 1 aliphatic heterocycles. The molecule has 6 heteroatoms. The summed E-state index contributed by atoms with van der Waals surface area (Å²) in [5, 5.41) is 14.1. The number of halogens is 1.